The van der Waals surface area contributed by atoms with E-state index in [-0.39, 0.29) is 11.9 Å². The second-order valence-electron chi connectivity index (χ2n) is 6.14. The SMILES string of the molecule is C=C/C=C/C(=O)N1CCc2c(n(COC)c3ccccc23)[C@H]1CC=C. The van der Waals surface area contributed by atoms with Gasteiger partial charge in [0.1, 0.15) is 6.73 Å². The molecule has 0 N–H and O–H groups in total. The van der Waals surface area contributed by atoms with Crippen LogP contribution in [-0.4, -0.2) is 29.0 Å². The molecule has 0 spiro atoms. The Bertz CT molecular complexity index is 832. The fourth-order valence-corrected chi connectivity index (χ4v) is 3.75. The Morgan fingerprint density at radius 2 is 2.16 bits per heavy atom. The smallest absolute Gasteiger partial charge is 0.247 e. The van der Waals surface area contributed by atoms with Crippen LogP contribution in [0.25, 0.3) is 10.9 Å². The maximum Gasteiger partial charge on any atom is 0.247 e. The number of hydrogen-bond acceptors (Lipinski definition) is 2. The van der Waals surface area contributed by atoms with Crippen LogP contribution in [0.5, 0.6) is 0 Å². The van der Waals surface area contributed by atoms with Crippen molar-refractivity contribution in [2.75, 3.05) is 13.7 Å². The number of allylic oxidation sites excluding steroid dienone is 2. The first-order chi connectivity index (χ1) is 12.2. The lowest BCUT2D eigenvalue weighted by atomic mass is 9.95. The zero-order valence-electron chi connectivity index (χ0n) is 14.6. The van der Waals surface area contributed by atoms with Gasteiger partial charge in [0.05, 0.1) is 11.6 Å². The van der Waals surface area contributed by atoms with E-state index in [0.717, 1.165) is 17.6 Å². The van der Waals surface area contributed by atoms with Crippen molar-refractivity contribution in [3.63, 3.8) is 0 Å². The highest BCUT2D eigenvalue weighted by molar-refractivity contribution is 5.90. The van der Waals surface area contributed by atoms with E-state index in [1.807, 2.05) is 17.0 Å². The van der Waals surface area contributed by atoms with Crippen molar-refractivity contribution in [2.45, 2.75) is 25.6 Å². The summed E-state index contributed by atoms with van der Waals surface area (Å²) in [5.74, 6) is 0.00613. The summed E-state index contributed by atoms with van der Waals surface area (Å²) in [5, 5.41) is 1.25. The number of nitrogens with zero attached hydrogens (tertiary/aromatic N) is 2. The van der Waals surface area contributed by atoms with Crippen molar-refractivity contribution in [2.24, 2.45) is 0 Å². The van der Waals surface area contributed by atoms with Crippen LogP contribution in [0.2, 0.25) is 0 Å². The third-order valence-electron chi connectivity index (χ3n) is 4.72. The van der Waals surface area contributed by atoms with Gasteiger partial charge >= 0.3 is 0 Å². The maximum atomic E-state index is 12.7. The monoisotopic (exact) mass is 336 g/mol. The summed E-state index contributed by atoms with van der Waals surface area (Å²) in [6.45, 7) is 8.71. The van der Waals surface area contributed by atoms with Gasteiger partial charge in [0.15, 0.2) is 0 Å². The van der Waals surface area contributed by atoms with Crippen molar-refractivity contribution < 1.29 is 9.53 Å². The van der Waals surface area contributed by atoms with Crippen LogP contribution in [0.4, 0.5) is 0 Å². The average molecular weight is 336 g/mol. The molecule has 4 heteroatoms. The Morgan fingerprint density at radius 1 is 1.36 bits per heavy atom. The van der Waals surface area contributed by atoms with Crippen molar-refractivity contribution >= 4 is 16.8 Å². The minimum atomic E-state index is -0.0363. The number of fused-ring (bicyclic) bond motifs is 3. The maximum absolute atomic E-state index is 12.7. The Kier molecular flexibility index (Phi) is 5.19. The fourth-order valence-electron chi connectivity index (χ4n) is 3.75. The summed E-state index contributed by atoms with van der Waals surface area (Å²) < 4.78 is 7.64. The van der Waals surface area contributed by atoms with E-state index in [9.17, 15) is 4.79 Å². The molecule has 0 bridgehead atoms. The number of amides is 1. The molecule has 0 saturated carbocycles. The van der Waals surface area contributed by atoms with E-state index in [0.29, 0.717) is 19.7 Å². The zero-order valence-corrected chi connectivity index (χ0v) is 14.6. The lowest BCUT2D eigenvalue weighted by molar-refractivity contribution is -0.129. The van der Waals surface area contributed by atoms with Crippen LogP contribution in [-0.2, 0) is 22.7 Å². The highest BCUT2D eigenvalue weighted by Crippen LogP contribution is 2.39. The molecule has 1 atom stereocenters. The number of carbonyl (C=O) groups is 1. The molecule has 0 unspecified atom stereocenters. The number of aromatic nitrogens is 1. The molecule has 130 valence electrons. The minimum Gasteiger partial charge on any atom is -0.364 e. The molecule has 1 aliphatic rings. The summed E-state index contributed by atoms with van der Waals surface area (Å²) in [6, 6.07) is 8.33. The van der Waals surface area contributed by atoms with Crippen LogP contribution in [0.1, 0.15) is 23.7 Å². The number of para-hydroxylation sites is 1. The first-order valence-electron chi connectivity index (χ1n) is 8.52. The van der Waals surface area contributed by atoms with E-state index in [4.69, 9.17) is 4.74 Å². The molecule has 0 radical (unpaired) electrons. The van der Waals surface area contributed by atoms with Gasteiger partial charge in [-0.2, -0.15) is 0 Å². The van der Waals surface area contributed by atoms with Gasteiger partial charge < -0.3 is 14.2 Å². The molecule has 3 rings (SSSR count). The quantitative estimate of drug-likeness (QED) is 0.454. The predicted molar refractivity (Wildman–Crippen MR) is 101 cm³/mol. The van der Waals surface area contributed by atoms with Gasteiger partial charge in [0.25, 0.3) is 0 Å². The third-order valence-corrected chi connectivity index (χ3v) is 4.72. The normalized spacial score (nSPS) is 17.0. The molecular formula is C21H24N2O2. The Balaban J connectivity index is 2.15. The molecule has 1 aromatic carbocycles. The molecule has 25 heavy (non-hydrogen) atoms. The molecule has 0 saturated heterocycles. The fraction of sp³-hybridized carbons (Fsp3) is 0.286. The van der Waals surface area contributed by atoms with Crippen LogP contribution >= 0.6 is 0 Å². The molecule has 4 nitrogen and oxygen atoms in total. The Hall–Kier alpha value is -2.59. The lowest BCUT2D eigenvalue weighted by Crippen LogP contribution is -2.40. The number of ether oxygens (including phenoxy) is 1. The number of methoxy groups -OCH3 is 1. The lowest BCUT2D eigenvalue weighted by Gasteiger charge is -2.36. The summed E-state index contributed by atoms with van der Waals surface area (Å²) >= 11 is 0. The molecule has 0 aliphatic carbocycles. The number of carbonyl (C=O) groups excluding carboxylic acids is 1. The molecule has 1 amide bonds. The van der Waals surface area contributed by atoms with Crippen LogP contribution < -0.4 is 0 Å². The second-order valence-corrected chi connectivity index (χ2v) is 6.14. The summed E-state index contributed by atoms with van der Waals surface area (Å²) in [7, 11) is 1.70. The minimum absolute atomic E-state index is 0.00613. The van der Waals surface area contributed by atoms with Gasteiger partial charge in [-0.25, -0.2) is 0 Å². The Labute approximate surface area is 148 Å². The van der Waals surface area contributed by atoms with Gasteiger partial charge in [-0.1, -0.05) is 43.0 Å². The average Bonchev–Trinajstić information content (AvgIpc) is 2.95. The predicted octanol–water partition coefficient (Wildman–Crippen LogP) is 3.99. The van der Waals surface area contributed by atoms with Crippen LogP contribution in [0.3, 0.4) is 0 Å². The van der Waals surface area contributed by atoms with Gasteiger partial charge in [-0.15, -0.1) is 6.58 Å². The highest BCUT2D eigenvalue weighted by Gasteiger charge is 2.33. The summed E-state index contributed by atoms with van der Waals surface area (Å²) in [4.78, 5) is 14.6. The van der Waals surface area contributed by atoms with E-state index in [2.05, 4.69) is 35.9 Å². The first-order valence-corrected chi connectivity index (χ1v) is 8.52. The number of hydrogen-bond donors (Lipinski definition) is 0. The summed E-state index contributed by atoms with van der Waals surface area (Å²) in [6.07, 6.45) is 8.32. The highest BCUT2D eigenvalue weighted by atomic mass is 16.5. The van der Waals surface area contributed by atoms with Crippen LogP contribution in [0.15, 0.2) is 61.7 Å². The van der Waals surface area contributed by atoms with Crippen LogP contribution in [0, 0.1) is 0 Å². The topological polar surface area (TPSA) is 34.5 Å². The van der Waals surface area contributed by atoms with E-state index in [1.54, 1.807) is 25.3 Å². The van der Waals surface area contributed by atoms with Gasteiger partial charge in [-0.05, 0) is 24.5 Å². The number of benzene rings is 1. The zero-order chi connectivity index (χ0) is 17.8. The van der Waals surface area contributed by atoms with Gasteiger partial charge in [0, 0.05) is 30.8 Å². The van der Waals surface area contributed by atoms with Crippen molar-refractivity contribution in [3.05, 3.63) is 73.0 Å². The number of rotatable bonds is 6. The Morgan fingerprint density at radius 3 is 2.88 bits per heavy atom. The van der Waals surface area contributed by atoms with E-state index < -0.39 is 0 Å². The van der Waals surface area contributed by atoms with E-state index >= 15 is 0 Å². The third kappa shape index (κ3) is 3.05. The molecule has 2 heterocycles. The largest absolute Gasteiger partial charge is 0.364 e. The van der Waals surface area contributed by atoms with Crippen molar-refractivity contribution in [1.82, 2.24) is 9.47 Å². The molecular weight excluding hydrogens is 312 g/mol. The summed E-state index contributed by atoms with van der Waals surface area (Å²) in [5.41, 5.74) is 3.63. The van der Waals surface area contributed by atoms with Gasteiger partial charge in [-0.3, -0.25) is 4.79 Å². The molecule has 0 fully saturated rings. The van der Waals surface area contributed by atoms with Gasteiger partial charge in [0.2, 0.25) is 5.91 Å². The van der Waals surface area contributed by atoms with Crippen molar-refractivity contribution in [3.8, 4) is 0 Å². The standard InChI is InChI=1S/C21H24N2O2/c1-4-6-12-20(24)22-14-13-17-16-10-7-8-11-18(16)23(15-25-3)21(17)19(22)9-5-2/h4-8,10-12,19H,1-2,9,13-15H2,3H3/b12-6+/t19-/m1/s1. The molecule has 1 aliphatic heterocycles. The van der Waals surface area contributed by atoms with Crippen molar-refractivity contribution in [1.29, 1.82) is 0 Å². The van der Waals surface area contributed by atoms with E-state index in [1.165, 1.54) is 10.9 Å². The molecule has 2 aromatic rings. The second kappa shape index (κ2) is 7.53. The first kappa shape index (κ1) is 17.2. The molecule has 1 aromatic heterocycles.